The van der Waals surface area contributed by atoms with Crippen molar-refractivity contribution in [3.8, 4) is 5.75 Å². The number of unbranched alkanes of at least 4 members (excludes halogenated alkanes) is 2. The SMILES string of the molecule is C=CCCCNC(=O)[C@@H]1CCCN1C(=O)[C@H](CCCN=C(N)NS(=O)(=O)c1c(C)c(C)c2c(c1C)CC(C)(C)O2)NC(=O)C1(NC(=O)[C@@H]2CCCN2C(=O)[C@H](Cc2cccc(C(F)(F)F)c2)NC(=O)[C@@H](N)CCCC=C)CCC1. The lowest BCUT2D eigenvalue weighted by Gasteiger charge is -2.43. The van der Waals surface area contributed by atoms with Crippen LogP contribution in [0.5, 0.6) is 5.75 Å². The summed E-state index contributed by atoms with van der Waals surface area (Å²) < 4.78 is 77.7. The second kappa shape index (κ2) is 26.2. The van der Waals surface area contributed by atoms with Gasteiger partial charge in [-0.1, -0.05) is 30.4 Å². The molecule has 1 saturated carbocycles. The third kappa shape index (κ3) is 15.1. The minimum Gasteiger partial charge on any atom is -0.487 e. The minimum absolute atomic E-state index is 0.0257. The van der Waals surface area contributed by atoms with Gasteiger partial charge in [-0.05, 0) is 153 Å². The predicted octanol–water partition coefficient (Wildman–Crippen LogP) is 4.72. The van der Waals surface area contributed by atoms with Gasteiger partial charge in [-0.25, -0.2) is 13.1 Å². The van der Waals surface area contributed by atoms with Crippen LogP contribution in [0.25, 0.3) is 0 Å². The summed E-state index contributed by atoms with van der Waals surface area (Å²) in [5.41, 5.74) is 12.1. The Morgan fingerprint density at radius 2 is 1.49 bits per heavy atom. The molecule has 23 heteroatoms. The number of aliphatic imine (C=N–C) groups is 1. The number of sulfonamides is 1. The summed E-state index contributed by atoms with van der Waals surface area (Å²) >= 11 is 0. The number of nitrogens with one attached hydrogen (secondary N) is 5. The maximum Gasteiger partial charge on any atom is 0.416 e. The molecule has 2 aromatic rings. The van der Waals surface area contributed by atoms with Crippen LogP contribution in [0.4, 0.5) is 13.2 Å². The smallest absolute Gasteiger partial charge is 0.416 e. The van der Waals surface area contributed by atoms with Gasteiger partial charge >= 0.3 is 6.18 Å². The van der Waals surface area contributed by atoms with Gasteiger partial charge in [-0.3, -0.25) is 33.8 Å². The molecule has 4 aliphatic rings. The van der Waals surface area contributed by atoms with Crippen LogP contribution in [0.1, 0.15) is 137 Å². The number of ether oxygens (including phenoxy) is 1. The summed E-state index contributed by atoms with van der Waals surface area (Å²) in [6.07, 6.45) is 3.99. The first kappa shape index (κ1) is 61.7. The highest BCUT2D eigenvalue weighted by Crippen LogP contribution is 2.44. The number of halogens is 3. The first-order chi connectivity index (χ1) is 37.2. The minimum atomic E-state index is -4.68. The van der Waals surface area contributed by atoms with Crippen molar-refractivity contribution in [2.75, 3.05) is 26.2 Å². The molecular weight excluding hydrogens is 1050 g/mol. The number of allylic oxidation sites excluding steroid dienone is 2. The molecule has 2 aromatic carbocycles. The monoisotopic (exact) mass is 1120 g/mol. The first-order valence-electron chi connectivity index (χ1n) is 27.3. The zero-order valence-electron chi connectivity index (χ0n) is 46.1. The van der Waals surface area contributed by atoms with Gasteiger partial charge in [0.1, 0.15) is 41.1 Å². The predicted molar refractivity (Wildman–Crippen MR) is 293 cm³/mol. The van der Waals surface area contributed by atoms with E-state index in [1.54, 1.807) is 32.9 Å². The summed E-state index contributed by atoms with van der Waals surface area (Å²) in [4.78, 5) is 92.1. The van der Waals surface area contributed by atoms with Crippen LogP contribution >= 0.6 is 0 Å². The lowest BCUT2D eigenvalue weighted by molar-refractivity contribution is -0.146. The van der Waals surface area contributed by atoms with Crippen LogP contribution in [0, 0.1) is 20.8 Å². The first-order valence-corrected chi connectivity index (χ1v) is 28.8. The van der Waals surface area contributed by atoms with Crippen molar-refractivity contribution in [2.45, 2.75) is 190 Å². The number of carbonyl (C=O) groups is 6. The molecular formula is C56H79F3N10O9S. The van der Waals surface area contributed by atoms with E-state index in [0.717, 1.165) is 17.7 Å². The number of likely N-dealkylation sites (tertiary alicyclic amines) is 2. The molecule has 0 aromatic heterocycles. The van der Waals surface area contributed by atoms with E-state index in [9.17, 15) is 50.4 Å². The largest absolute Gasteiger partial charge is 0.487 e. The Bertz CT molecular complexity index is 2780. The molecule has 0 unspecified atom stereocenters. The number of alkyl halides is 3. The second-order valence-electron chi connectivity index (χ2n) is 21.9. The van der Waals surface area contributed by atoms with Gasteiger partial charge in [0.2, 0.25) is 41.4 Å². The molecule has 434 valence electrons. The Hall–Kier alpha value is -6.49. The zero-order chi connectivity index (χ0) is 58.0. The van der Waals surface area contributed by atoms with E-state index in [0.29, 0.717) is 86.8 Å². The molecule has 1 aliphatic carbocycles. The van der Waals surface area contributed by atoms with Crippen LogP contribution in [0.3, 0.4) is 0 Å². The van der Waals surface area contributed by atoms with Crippen LogP contribution in [-0.2, 0) is 57.8 Å². The third-order valence-electron chi connectivity index (χ3n) is 15.5. The molecule has 5 atom stereocenters. The van der Waals surface area contributed by atoms with Crippen LogP contribution < -0.4 is 42.2 Å². The number of nitrogens with zero attached hydrogens (tertiary/aromatic N) is 3. The quantitative estimate of drug-likeness (QED) is 0.0309. The highest BCUT2D eigenvalue weighted by Gasteiger charge is 2.50. The van der Waals surface area contributed by atoms with Gasteiger partial charge < -0.3 is 47.3 Å². The highest BCUT2D eigenvalue weighted by molar-refractivity contribution is 7.90. The van der Waals surface area contributed by atoms with E-state index in [1.165, 1.54) is 21.9 Å². The molecule has 3 aliphatic heterocycles. The molecule has 79 heavy (non-hydrogen) atoms. The van der Waals surface area contributed by atoms with Crippen molar-refractivity contribution in [3.63, 3.8) is 0 Å². The molecule has 3 heterocycles. The summed E-state index contributed by atoms with van der Waals surface area (Å²) in [7, 11) is -4.23. The molecule has 6 rings (SSSR count). The van der Waals surface area contributed by atoms with E-state index in [-0.39, 0.29) is 80.9 Å². The van der Waals surface area contributed by atoms with Crippen molar-refractivity contribution in [1.29, 1.82) is 0 Å². The van der Waals surface area contributed by atoms with E-state index in [1.807, 2.05) is 13.8 Å². The van der Waals surface area contributed by atoms with E-state index in [4.69, 9.17) is 16.2 Å². The molecule has 0 bridgehead atoms. The molecule has 6 amide bonds. The standard InChI is InChI=1S/C56H79F3N10O9S/c1-8-10-12-21-40(60)47(70)64-42(32-37-19-14-20-38(31-37)56(57,58)59)51(74)69-30-17-24-44(69)49(72)66-55(25-18-26-55)52(75)65-41(50(73)68-29-16-23-43(68)48(71)62-27-13-11-9-2)22-15-28-63-53(61)67-79(76,77)46-35(4)34(3)45-39(36(46)5)33-54(6,7)78-45/h8-9,14,19-20,31,40-44H,1-2,10-13,15-18,21-30,32-33,60H2,3-7H3,(H,62,71)(H,64,70)(H,65,75)(H,66,72)(H3,61,63,67)/t40-,41-,42-,43-,44-/m0/s1. The number of nitrogens with two attached hydrogens (primary N) is 2. The van der Waals surface area contributed by atoms with Crippen molar-refractivity contribution < 1.29 is 55.1 Å². The molecule has 2 saturated heterocycles. The van der Waals surface area contributed by atoms with Crippen LogP contribution in [0.15, 0.2) is 59.5 Å². The Kier molecular flexibility index (Phi) is 20.5. The van der Waals surface area contributed by atoms with Gasteiger partial charge in [0.25, 0.3) is 10.0 Å². The van der Waals surface area contributed by atoms with Gasteiger partial charge in [-0.15, -0.1) is 13.2 Å². The number of benzene rings is 2. The summed E-state index contributed by atoms with van der Waals surface area (Å²) in [5.74, 6) is -3.37. The average Bonchev–Trinajstić information content (AvgIpc) is 4.15. The third-order valence-corrected chi connectivity index (χ3v) is 17.1. The highest BCUT2D eigenvalue weighted by atomic mass is 32.2. The van der Waals surface area contributed by atoms with E-state index >= 15 is 0 Å². The maximum atomic E-state index is 14.6. The van der Waals surface area contributed by atoms with Crippen LogP contribution in [-0.4, -0.2) is 127 Å². The normalized spacial score (nSPS) is 19.7. The lowest BCUT2D eigenvalue weighted by atomic mass is 9.75. The van der Waals surface area contributed by atoms with Gasteiger partial charge in [-0.2, -0.15) is 13.2 Å². The Balaban J connectivity index is 1.19. The van der Waals surface area contributed by atoms with Gasteiger partial charge in [0.15, 0.2) is 0 Å². The van der Waals surface area contributed by atoms with E-state index in [2.05, 4.69) is 44.1 Å². The molecule has 0 spiro atoms. The fourth-order valence-electron chi connectivity index (χ4n) is 11.0. The zero-order valence-corrected chi connectivity index (χ0v) is 46.9. The molecule has 3 fully saturated rings. The number of hydrogen-bond donors (Lipinski definition) is 7. The number of amides is 6. The lowest BCUT2D eigenvalue weighted by Crippen LogP contribution is -2.67. The fraction of sp³-hybridized carbons (Fsp3) is 0.589. The molecule has 0 radical (unpaired) electrons. The van der Waals surface area contributed by atoms with Crippen molar-refractivity contribution in [3.05, 3.63) is 83.0 Å². The number of rotatable bonds is 25. The van der Waals surface area contributed by atoms with Crippen molar-refractivity contribution in [1.82, 2.24) is 35.8 Å². The average molecular weight is 1130 g/mol. The Morgan fingerprint density at radius 3 is 2.11 bits per heavy atom. The topological polar surface area (TPSA) is 277 Å². The summed E-state index contributed by atoms with van der Waals surface area (Å²) in [6.45, 7) is 17.1. The van der Waals surface area contributed by atoms with Gasteiger partial charge in [0, 0.05) is 44.6 Å². The number of carbonyl (C=O) groups excluding carboxylic acids is 6. The Morgan fingerprint density at radius 1 is 0.861 bits per heavy atom. The second-order valence-corrected chi connectivity index (χ2v) is 23.5. The molecule has 9 N–H and O–H groups in total. The van der Waals surface area contributed by atoms with E-state index < -0.39 is 98.6 Å². The van der Waals surface area contributed by atoms with Crippen LogP contribution in [0.2, 0.25) is 0 Å². The van der Waals surface area contributed by atoms with Crippen molar-refractivity contribution >= 4 is 51.4 Å². The maximum absolute atomic E-state index is 14.6. The number of hydrogen-bond acceptors (Lipinski definition) is 11. The summed E-state index contributed by atoms with van der Waals surface area (Å²) in [5, 5.41) is 11.3. The number of guanidine groups is 1. The number of fused-ring (bicyclic) bond motifs is 1. The van der Waals surface area contributed by atoms with Crippen molar-refractivity contribution in [2.24, 2.45) is 16.5 Å². The summed E-state index contributed by atoms with van der Waals surface area (Å²) in [6, 6.07) is -1.23. The fourth-order valence-corrected chi connectivity index (χ4v) is 12.5. The Labute approximate surface area is 461 Å². The molecule has 19 nitrogen and oxygen atoms in total. The van der Waals surface area contributed by atoms with Gasteiger partial charge in [0.05, 0.1) is 16.5 Å².